The molecule has 35 heavy (non-hydrogen) atoms. The summed E-state index contributed by atoms with van der Waals surface area (Å²) in [5.41, 5.74) is 2.69. The van der Waals surface area contributed by atoms with Crippen molar-refractivity contribution in [3.05, 3.63) is 75.3 Å². The van der Waals surface area contributed by atoms with Gasteiger partial charge in [-0.1, -0.05) is 29.8 Å². The number of pyridine rings is 1. The summed E-state index contributed by atoms with van der Waals surface area (Å²) >= 11 is 0. The summed E-state index contributed by atoms with van der Waals surface area (Å²) in [6, 6.07) is 11.0. The molecule has 0 spiro atoms. The topological polar surface area (TPSA) is 74.7 Å². The van der Waals surface area contributed by atoms with Gasteiger partial charge in [-0.3, -0.25) is 14.4 Å². The van der Waals surface area contributed by atoms with Crippen molar-refractivity contribution in [1.82, 2.24) is 14.8 Å². The number of halogens is 1. The van der Waals surface area contributed by atoms with Crippen LogP contribution < -0.4 is 15.6 Å². The third-order valence-electron chi connectivity index (χ3n) is 6.93. The maximum absolute atomic E-state index is 15.3. The Morgan fingerprint density at radius 2 is 1.74 bits per heavy atom. The Labute approximate surface area is 203 Å². The number of carbonyl (C=O) groups excluding carboxylic acids is 2. The standard InChI is InChI=1S/C27H29FN4O3/c1-17-3-5-19(6-4-17)15-29-27(35)22-16-32(20-7-8-20)24-14-25(23(28)13-21(24)26(22)34)31-11-9-30(10-12-31)18(2)33/h3-6,13-14,16,20H,7-12,15H2,1-2H3,(H,29,35). The number of carbonyl (C=O) groups is 2. The van der Waals surface area contributed by atoms with E-state index in [1.165, 1.54) is 13.0 Å². The Hall–Kier alpha value is -3.68. The normalized spacial score (nSPS) is 16.0. The summed E-state index contributed by atoms with van der Waals surface area (Å²) in [7, 11) is 0. The van der Waals surface area contributed by atoms with Gasteiger partial charge in [0.15, 0.2) is 0 Å². The molecule has 2 fully saturated rings. The van der Waals surface area contributed by atoms with Crippen LogP contribution >= 0.6 is 0 Å². The molecular formula is C27H29FN4O3. The number of anilines is 1. The van der Waals surface area contributed by atoms with Crippen LogP contribution in [0.2, 0.25) is 0 Å². The average Bonchev–Trinajstić information content (AvgIpc) is 3.69. The van der Waals surface area contributed by atoms with Crippen molar-refractivity contribution in [2.75, 3.05) is 31.1 Å². The second kappa shape index (κ2) is 9.17. The van der Waals surface area contributed by atoms with E-state index in [2.05, 4.69) is 5.32 Å². The molecule has 2 amide bonds. The summed E-state index contributed by atoms with van der Waals surface area (Å²) in [4.78, 5) is 41.6. The Morgan fingerprint density at radius 3 is 2.37 bits per heavy atom. The molecule has 2 aliphatic rings. The lowest BCUT2D eigenvalue weighted by Gasteiger charge is -2.36. The zero-order valence-electron chi connectivity index (χ0n) is 20.0. The highest BCUT2D eigenvalue weighted by molar-refractivity contribution is 5.98. The molecule has 0 bridgehead atoms. The molecule has 1 aliphatic carbocycles. The van der Waals surface area contributed by atoms with Gasteiger partial charge >= 0.3 is 0 Å². The van der Waals surface area contributed by atoms with Gasteiger partial charge in [-0.15, -0.1) is 0 Å². The number of hydrogen-bond donors (Lipinski definition) is 1. The van der Waals surface area contributed by atoms with E-state index in [0.29, 0.717) is 43.9 Å². The third kappa shape index (κ3) is 4.65. The molecule has 182 valence electrons. The molecule has 0 radical (unpaired) electrons. The van der Waals surface area contributed by atoms with Gasteiger partial charge in [-0.05, 0) is 37.5 Å². The molecule has 1 saturated carbocycles. The fourth-order valence-corrected chi connectivity index (χ4v) is 4.66. The van der Waals surface area contributed by atoms with Gasteiger partial charge in [0.25, 0.3) is 5.91 Å². The predicted molar refractivity (Wildman–Crippen MR) is 133 cm³/mol. The zero-order chi connectivity index (χ0) is 24.7. The van der Waals surface area contributed by atoms with Crippen LogP contribution in [0.4, 0.5) is 10.1 Å². The van der Waals surface area contributed by atoms with Gasteiger partial charge in [0.2, 0.25) is 11.3 Å². The van der Waals surface area contributed by atoms with E-state index >= 15 is 4.39 Å². The number of aryl methyl sites for hydroxylation is 1. The van der Waals surface area contributed by atoms with E-state index in [1.54, 1.807) is 17.2 Å². The molecule has 1 saturated heterocycles. The van der Waals surface area contributed by atoms with Crippen molar-refractivity contribution >= 4 is 28.4 Å². The average molecular weight is 477 g/mol. The second-order valence-electron chi connectivity index (χ2n) is 9.49. The van der Waals surface area contributed by atoms with Gasteiger partial charge in [0.1, 0.15) is 11.4 Å². The van der Waals surface area contributed by atoms with Crippen molar-refractivity contribution in [3.8, 4) is 0 Å². The molecule has 0 atom stereocenters. The molecule has 8 heteroatoms. The number of aromatic nitrogens is 1. The predicted octanol–water partition coefficient (Wildman–Crippen LogP) is 3.38. The number of hydrogen-bond acceptors (Lipinski definition) is 4. The lowest BCUT2D eigenvalue weighted by Crippen LogP contribution is -2.48. The molecule has 7 nitrogen and oxygen atoms in total. The second-order valence-corrected chi connectivity index (χ2v) is 9.49. The van der Waals surface area contributed by atoms with Crippen molar-refractivity contribution < 1.29 is 14.0 Å². The maximum Gasteiger partial charge on any atom is 0.257 e. The quantitative estimate of drug-likeness (QED) is 0.613. The highest BCUT2D eigenvalue weighted by atomic mass is 19.1. The number of fused-ring (bicyclic) bond motifs is 1. The number of piperazine rings is 1. The van der Waals surface area contributed by atoms with Crippen molar-refractivity contribution in [3.63, 3.8) is 0 Å². The monoisotopic (exact) mass is 476 g/mol. The molecule has 3 aromatic rings. The van der Waals surface area contributed by atoms with Crippen LogP contribution in [0.5, 0.6) is 0 Å². The van der Waals surface area contributed by atoms with Gasteiger partial charge < -0.3 is 19.7 Å². The maximum atomic E-state index is 15.3. The molecular weight excluding hydrogens is 447 g/mol. The minimum atomic E-state index is -0.495. The number of amides is 2. The van der Waals surface area contributed by atoms with Gasteiger partial charge in [-0.25, -0.2) is 4.39 Å². The summed E-state index contributed by atoms with van der Waals surface area (Å²) in [6.07, 6.45) is 3.53. The lowest BCUT2D eigenvalue weighted by atomic mass is 10.1. The molecule has 5 rings (SSSR count). The Bertz CT molecular complexity index is 1350. The first-order valence-electron chi connectivity index (χ1n) is 12.0. The van der Waals surface area contributed by atoms with E-state index in [1.807, 2.05) is 40.7 Å². The van der Waals surface area contributed by atoms with Crippen LogP contribution in [-0.4, -0.2) is 47.5 Å². The molecule has 2 aromatic carbocycles. The van der Waals surface area contributed by atoms with E-state index < -0.39 is 17.2 Å². The highest BCUT2D eigenvalue weighted by Crippen LogP contribution is 2.38. The van der Waals surface area contributed by atoms with E-state index in [4.69, 9.17) is 0 Å². The first kappa shape index (κ1) is 23.1. The van der Waals surface area contributed by atoms with Crippen LogP contribution in [0.15, 0.2) is 47.4 Å². The molecule has 0 unspecified atom stereocenters. The van der Waals surface area contributed by atoms with Crippen LogP contribution in [0.1, 0.15) is 47.3 Å². The fraction of sp³-hybridized carbons (Fsp3) is 0.370. The SMILES string of the molecule is CC(=O)N1CCN(c2cc3c(cc2F)c(=O)c(C(=O)NCc2ccc(C)cc2)cn3C2CC2)CC1. The minimum absolute atomic E-state index is 0.0133. The number of benzene rings is 2. The molecule has 1 aromatic heterocycles. The van der Waals surface area contributed by atoms with Crippen LogP contribution in [0, 0.1) is 12.7 Å². The van der Waals surface area contributed by atoms with Crippen LogP contribution in [-0.2, 0) is 11.3 Å². The van der Waals surface area contributed by atoms with Gasteiger partial charge in [0, 0.05) is 57.3 Å². The number of rotatable bonds is 5. The molecule has 1 N–H and O–H groups in total. The summed E-state index contributed by atoms with van der Waals surface area (Å²) in [5, 5.41) is 3.04. The Kier molecular flexibility index (Phi) is 6.05. The smallest absolute Gasteiger partial charge is 0.257 e. The first-order chi connectivity index (χ1) is 16.8. The third-order valence-corrected chi connectivity index (χ3v) is 6.93. The van der Waals surface area contributed by atoms with E-state index in [0.717, 1.165) is 24.0 Å². The lowest BCUT2D eigenvalue weighted by molar-refractivity contribution is -0.129. The summed E-state index contributed by atoms with van der Waals surface area (Å²) < 4.78 is 17.2. The molecule has 2 heterocycles. The highest BCUT2D eigenvalue weighted by Gasteiger charge is 2.28. The summed E-state index contributed by atoms with van der Waals surface area (Å²) in [5.74, 6) is -0.943. The van der Waals surface area contributed by atoms with Crippen LogP contribution in [0.25, 0.3) is 10.9 Å². The minimum Gasteiger partial charge on any atom is -0.366 e. The molecule has 1 aliphatic heterocycles. The van der Waals surface area contributed by atoms with E-state index in [9.17, 15) is 14.4 Å². The van der Waals surface area contributed by atoms with Crippen molar-refractivity contribution in [1.29, 1.82) is 0 Å². The summed E-state index contributed by atoms with van der Waals surface area (Å²) in [6.45, 7) is 5.94. The zero-order valence-corrected chi connectivity index (χ0v) is 20.0. The Balaban J connectivity index is 1.46. The van der Waals surface area contributed by atoms with Gasteiger partial charge in [0.05, 0.1) is 11.2 Å². The van der Waals surface area contributed by atoms with Crippen molar-refractivity contribution in [2.45, 2.75) is 39.3 Å². The van der Waals surface area contributed by atoms with Gasteiger partial charge in [-0.2, -0.15) is 0 Å². The van der Waals surface area contributed by atoms with Crippen LogP contribution in [0.3, 0.4) is 0 Å². The Morgan fingerprint density at radius 1 is 1.06 bits per heavy atom. The number of nitrogens with zero attached hydrogens (tertiary/aromatic N) is 3. The first-order valence-corrected chi connectivity index (χ1v) is 12.0. The fourth-order valence-electron chi connectivity index (χ4n) is 4.66. The van der Waals surface area contributed by atoms with E-state index in [-0.39, 0.29) is 22.9 Å². The number of nitrogens with one attached hydrogen (secondary N) is 1. The van der Waals surface area contributed by atoms with Crippen molar-refractivity contribution in [2.24, 2.45) is 0 Å². The largest absolute Gasteiger partial charge is 0.366 e.